The van der Waals surface area contributed by atoms with Gasteiger partial charge in [0.1, 0.15) is 0 Å². The topological polar surface area (TPSA) is 50.1 Å². The largest absolute Gasteiger partial charge is 0.373 e. The summed E-state index contributed by atoms with van der Waals surface area (Å²) in [6.45, 7) is 3.87. The molecule has 0 radical (unpaired) electrons. The fourth-order valence-electron chi connectivity index (χ4n) is 3.13. The molecule has 0 aromatic carbocycles. The molecule has 4 rings (SSSR count). The highest BCUT2D eigenvalue weighted by atomic mass is 16.6. The number of epoxide rings is 4. The van der Waals surface area contributed by atoms with Gasteiger partial charge in [-0.05, 0) is 37.5 Å². The third-order valence-electron chi connectivity index (χ3n) is 4.54. The molecule has 4 aliphatic rings. The highest BCUT2D eigenvalue weighted by Crippen LogP contribution is 2.39. The van der Waals surface area contributed by atoms with Gasteiger partial charge in [0.2, 0.25) is 0 Å². The molecule has 4 nitrogen and oxygen atoms in total. The summed E-state index contributed by atoms with van der Waals surface area (Å²) in [5, 5.41) is 0. The van der Waals surface area contributed by atoms with E-state index in [-0.39, 0.29) is 0 Å². The van der Waals surface area contributed by atoms with Crippen LogP contribution in [0.3, 0.4) is 0 Å². The molecule has 102 valence electrons. The average molecular weight is 254 g/mol. The molecular weight excluding hydrogens is 232 g/mol. The molecule has 4 heteroatoms. The van der Waals surface area contributed by atoms with Crippen molar-refractivity contribution in [3.8, 4) is 0 Å². The van der Waals surface area contributed by atoms with Gasteiger partial charge in [-0.1, -0.05) is 0 Å². The maximum Gasteiger partial charge on any atom is 0.0812 e. The molecule has 4 saturated heterocycles. The minimum Gasteiger partial charge on any atom is -0.373 e. The van der Waals surface area contributed by atoms with Gasteiger partial charge in [-0.3, -0.25) is 0 Å². The van der Waals surface area contributed by atoms with Gasteiger partial charge >= 0.3 is 0 Å². The molecule has 4 heterocycles. The Morgan fingerprint density at radius 2 is 0.778 bits per heavy atom. The second-order valence-electron chi connectivity index (χ2n) is 6.28. The van der Waals surface area contributed by atoms with E-state index in [0.29, 0.717) is 24.4 Å². The van der Waals surface area contributed by atoms with Crippen LogP contribution in [0.15, 0.2) is 0 Å². The molecule has 4 unspecified atom stereocenters. The number of ether oxygens (including phenoxy) is 4. The minimum atomic E-state index is 0.525. The van der Waals surface area contributed by atoms with Crippen molar-refractivity contribution in [1.29, 1.82) is 0 Å². The minimum absolute atomic E-state index is 0.525. The van der Waals surface area contributed by atoms with E-state index in [1.807, 2.05) is 0 Å². The van der Waals surface area contributed by atoms with E-state index in [9.17, 15) is 0 Å². The maximum atomic E-state index is 5.43. The van der Waals surface area contributed by atoms with Gasteiger partial charge in [0.25, 0.3) is 0 Å². The van der Waals surface area contributed by atoms with Crippen molar-refractivity contribution in [3.05, 3.63) is 0 Å². The van der Waals surface area contributed by atoms with Crippen LogP contribution in [0.4, 0.5) is 0 Å². The van der Waals surface area contributed by atoms with E-state index in [0.717, 1.165) is 38.3 Å². The SMILES string of the molecule is C1OC1CC(CC1CO1)C(CC1CO1)CC1CO1. The highest BCUT2D eigenvalue weighted by Gasteiger charge is 2.40. The third kappa shape index (κ3) is 3.44. The third-order valence-corrected chi connectivity index (χ3v) is 4.54. The van der Waals surface area contributed by atoms with Crippen LogP contribution < -0.4 is 0 Å². The van der Waals surface area contributed by atoms with Crippen molar-refractivity contribution in [1.82, 2.24) is 0 Å². The van der Waals surface area contributed by atoms with Crippen LogP contribution in [-0.4, -0.2) is 50.8 Å². The van der Waals surface area contributed by atoms with Crippen LogP contribution in [0.25, 0.3) is 0 Å². The first kappa shape index (κ1) is 11.6. The van der Waals surface area contributed by atoms with E-state index in [1.54, 1.807) is 0 Å². The zero-order valence-electron chi connectivity index (χ0n) is 10.8. The molecule has 0 N–H and O–H groups in total. The highest BCUT2D eigenvalue weighted by molar-refractivity contribution is 4.89. The Balaban J connectivity index is 1.37. The van der Waals surface area contributed by atoms with E-state index in [2.05, 4.69) is 0 Å². The first-order valence-corrected chi connectivity index (χ1v) is 7.33. The standard InChI is InChI=1S/C14H22O4/c1(11-5-15-11)9(2-12-6-16-12)10(3-13-7-17-13)4-14-8-18-14/h9-14H,1-8H2. The monoisotopic (exact) mass is 254 g/mol. The zero-order chi connectivity index (χ0) is 11.9. The van der Waals surface area contributed by atoms with Crippen molar-refractivity contribution in [2.75, 3.05) is 26.4 Å². The Hall–Kier alpha value is -0.160. The Labute approximate surface area is 108 Å². The molecule has 0 aliphatic carbocycles. The molecule has 4 aliphatic heterocycles. The normalized spacial score (nSPS) is 43.3. The molecule has 0 saturated carbocycles. The average Bonchev–Trinajstić information content (AvgIpc) is 3.19. The van der Waals surface area contributed by atoms with Gasteiger partial charge in [0.05, 0.1) is 50.8 Å². The first-order chi connectivity index (χ1) is 8.87. The predicted octanol–water partition coefficient (Wildman–Crippen LogP) is 1.37. The second-order valence-corrected chi connectivity index (χ2v) is 6.28. The lowest BCUT2D eigenvalue weighted by Crippen LogP contribution is -2.22. The Morgan fingerprint density at radius 3 is 0.944 bits per heavy atom. The Bertz CT molecular complexity index is 234. The maximum absolute atomic E-state index is 5.43. The first-order valence-electron chi connectivity index (χ1n) is 7.33. The van der Waals surface area contributed by atoms with Gasteiger partial charge in [0, 0.05) is 0 Å². The molecular formula is C14H22O4. The molecule has 0 spiro atoms. The van der Waals surface area contributed by atoms with Gasteiger partial charge in [-0.2, -0.15) is 0 Å². The molecule has 4 fully saturated rings. The second kappa shape index (κ2) is 4.75. The zero-order valence-corrected chi connectivity index (χ0v) is 10.8. The van der Waals surface area contributed by atoms with E-state index < -0.39 is 0 Å². The molecule has 0 aromatic rings. The molecule has 0 aromatic heterocycles. The van der Waals surface area contributed by atoms with Crippen molar-refractivity contribution in [2.45, 2.75) is 50.1 Å². The summed E-state index contributed by atoms with van der Waals surface area (Å²) < 4.78 is 21.7. The van der Waals surface area contributed by atoms with Crippen LogP contribution >= 0.6 is 0 Å². The van der Waals surface area contributed by atoms with Crippen LogP contribution in [0.2, 0.25) is 0 Å². The van der Waals surface area contributed by atoms with E-state index in [4.69, 9.17) is 18.9 Å². The summed E-state index contributed by atoms with van der Waals surface area (Å²) in [6.07, 6.45) is 6.95. The van der Waals surface area contributed by atoms with Gasteiger partial charge in [0.15, 0.2) is 0 Å². The Kier molecular flexibility index (Phi) is 3.07. The predicted molar refractivity (Wildman–Crippen MR) is 64.4 cm³/mol. The lowest BCUT2D eigenvalue weighted by atomic mass is 9.79. The van der Waals surface area contributed by atoms with Crippen molar-refractivity contribution in [3.63, 3.8) is 0 Å². The Morgan fingerprint density at radius 1 is 0.556 bits per heavy atom. The van der Waals surface area contributed by atoms with Crippen molar-refractivity contribution >= 4 is 0 Å². The van der Waals surface area contributed by atoms with Gasteiger partial charge < -0.3 is 18.9 Å². The molecule has 0 bridgehead atoms. The smallest absolute Gasteiger partial charge is 0.0812 e. The van der Waals surface area contributed by atoms with Crippen LogP contribution in [-0.2, 0) is 18.9 Å². The molecule has 0 amide bonds. The number of hydrogen-bond acceptors (Lipinski definition) is 4. The number of hydrogen-bond donors (Lipinski definition) is 0. The van der Waals surface area contributed by atoms with Crippen LogP contribution in [0.1, 0.15) is 25.7 Å². The summed E-state index contributed by atoms with van der Waals surface area (Å²) in [7, 11) is 0. The lowest BCUT2D eigenvalue weighted by Gasteiger charge is -2.25. The summed E-state index contributed by atoms with van der Waals surface area (Å²) >= 11 is 0. The van der Waals surface area contributed by atoms with Crippen molar-refractivity contribution < 1.29 is 18.9 Å². The number of rotatable bonds is 9. The van der Waals surface area contributed by atoms with Crippen molar-refractivity contribution in [2.24, 2.45) is 11.8 Å². The fraction of sp³-hybridized carbons (Fsp3) is 1.00. The van der Waals surface area contributed by atoms with E-state index in [1.165, 1.54) is 25.7 Å². The molecule has 18 heavy (non-hydrogen) atoms. The molecule has 4 atom stereocenters. The van der Waals surface area contributed by atoms with Crippen LogP contribution in [0.5, 0.6) is 0 Å². The summed E-state index contributed by atoms with van der Waals surface area (Å²) in [5.74, 6) is 1.47. The van der Waals surface area contributed by atoms with Gasteiger partial charge in [-0.15, -0.1) is 0 Å². The summed E-state index contributed by atoms with van der Waals surface area (Å²) in [4.78, 5) is 0. The lowest BCUT2D eigenvalue weighted by molar-refractivity contribution is 0.190. The fourth-order valence-corrected chi connectivity index (χ4v) is 3.13. The quantitative estimate of drug-likeness (QED) is 0.583. The summed E-state index contributed by atoms with van der Waals surface area (Å²) in [5.41, 5.74) is 0. The summed E-state index contributed by atoms with van der Waals surface area (Å²) in [6, 6.07) is 0. The van der Waals surface area contributed by atoms with Crippen LogP contribution in [0, 0.1) is 11.8 Å². The van der Waals surface area contributed by atoms with Gasteiger partial charge in [-0.25, -0.2) is 0 Å². The van der Waals surface area contributed by atoms with E-state index >= 15 is 0 Å².